The first-order chi connectivity index (χ1) is 9.43. The van der Waals surface area contributed by atoms with Gasteiger partial charge in [0.15, 0.2) is 11.5 Å². The van der Waals surface area contributed by atoms with E-state index in [-0.39, 0.29) is 13.0 Å². The van der Waals surface area contributed by atoms with Crippen LogP contribution in [0.4, 0.5) is 0 Å². The molecule has 0 spiro atoms. The summed E-state index contributed by atoms with van der Waals surface area (Å²) in [4.78, 5) is 10.7. The van der Waals surface area contributed by atoms with Crippen LogP contribution in [0.1, 0.15) is 25.8 Å². The van der Waals surface area contributed by atoms with Gasteiger partial charge in [0, 0.05) is 12.6 Å². The molecule has 3 N–H and O–H groups in total. The average molecular weight is 345 g/mol. The van der Waals surface area contributed by atoms with Crippen LogP contribution in [0.25, 0.3) is 0 Å². The Morgan fingerprint density at radius 2 is 2.15 bits per heavy atom. The fraction of sp³-hybridized carbons (Fsp3) is 0.500. The Balaban J connectivity index is 2.81. The molecule has 0 aliphatic heterocycles. The number of hydrogen-bond donors (Lipinski definition) is 2. The van der Waals surface area contributed by atoms with Crippen LogP contribution in [0.2, 0.25) is 0 Å². The zero-order valence-corrected chi connectivity index (χ0v) is 13.6. The Morgan fingerprint density at radius 3 is 2.70 bits per heavy atom. The molecule has 6 heteroatoms. The Kier molecular flexibility index (Phi) is 6.81. The standard InChI is InChI=1S/C14H21BrN2O3/c1-9(2)17-8-10-6-11(15)14(12(7-10)19-3)20-5-4-13(16)18/h6-7,9,17H,4-5,8H2,1-3H3,(H2,16,18). The highest BCUT2D eigenvalue weighted by Gasteiger charge is 2.12. The number of nitrogens with one attached hydrogen (secondary N) is 1. The topological polar surface area (TPSA) is 73.6 Å². The van der Waals surface area contributed by atoms with Gasteiger partial charge in [-0.1, -0.05) is 13.8 Å². The van der Waals surface area contributed by atoms with Crippen molar-refractivity contribution in [2.24, 2.45) is 5.73 Å². The predicted molar refractivity (Wildman–Crippen MR) is 82.0 cm³/mol. The summed E-state index contributed by atoms with van der Waals surface area (Å²) in [5, 5.41) is 3.34. The Labute approximate surface area is 127 Å². The maximum Gasteiger partial charge on any atom is 0.220 e. The lowest BCUT2D eigenvalue weighted by molar-refractivity contribution is -0.118. The van der Waals surface area contributed by atoms with Gasteiger partial charge in [0.25, 0.3) is 0 Å². The third-order valence-electron chi connectivity index (χ3n) is 2.60. The molecule has 0 saturated carbocycles. The van der Waals surface area contributed by atoms with E-state index in [0.717, 1.165) is 16.6 Å². The molecule has 0 aliphatic carbocycles. The van der Waals surface area contributed by atoms with Crippen LogP contribution in [-0.2, 0) is 11.3 Å². The summed E-state index contributed by atoms with van der Waals surface area (Å²) >= 11 is 3.46. The summed E-state index contributed by atoms with van der Waals surface area (Å²) in [6.07, 6.45) is 0.173. The number of carbonyl (C=O) groups excluding carboxylic acids is 1. The smallest absolute Gasteiger partial charge is 0.220 e. The van der Waals surface area contributed by atoms with Crippen molar-refractivity contribution in [3.8, 4) is 11.5 Å². The van der Waals surface area contributed by atoms with Gasteiger partial charge in [-0.3, -0.25) is 4.79 Å². The fourth-order valence-corrected chi connectivity index (χ4v) is 2.19. The van der Waals surface area contributed by atoms with E-state index in [2.05, 4.69) is 35.1 Å². The maximum atomic E-state index is 10.7. The zero-order chi connectivity index (χ0) is 15.1. The van der Waals surface area contributed by atoms with E-state index in [0.29, 0.717) is 17.5 Å². The number of amides is 1. The molecule has 0 heterocycles. The molecule has 5 nitrogen and oxygen atoms in total. The Bertz CT molecular complexity index is 464. The van der Waals surface area contributed by atoms with Gasteiger partial charge in [-0.15, -0.1) is 0 Å². The van der Waals surface area contributed by atoms with Gasteiger partial charge in [0.2, 0.25) is 5.91 Å². The predicted octanol–water partition coefficient (Wildman–Crippen LogP) is 2.21. The van der Waals surface area contributed by atoms with Crippen molar-refractivity contribution in [3.63, 3.8) is 0 Å². The van der Waals surface area contributed by atoms with Crippen LogP contribution < -0.4 is 20.5 Å². The first-order valence-electron chi connectivity index (χ1n) is 6.45. The second kappa shape index (κ2) is 8.11. The van der Waals surface area contributed by atoms with E-state index in [4.69, 9.17) is 15.2 Å². The largest absolute Gasteiger partial charge is 0.493 e. The van der Waals surface area contributed by atoms with Crippen molar-refractivity contribution >= 4 is 21.8 Å². The number of methoxy groups -OCH3 is 1. The molecule has 0 bridgehead atoms. The minimum atomic E-state index is -0.391. The number of nitrogens with two attached hydrogens (primary N) is 1. The summed E-state index contributed by atoms with van der Waals surface area (Å²) in [6, 6.07) is 4.29. The van der Waals surface area contributed by atoms with E-state index in [1.54, 1.807) is 7.11 Å². The number of primary amides is 1. The first-order valence-corrected chi connectivity index (χ1v) is 7.24. The van der Waals surface area contributed by atoms with Gasteiger partial charge in [0.1, 0.15) is 0 Å². The summed E-state index contributed by atoms with van der Waals surface area (Å²) in [5.74, 6) is 0.823. The fourth-order valence-electron chi connectivity index (χ4n) is 1.59. The first kappa shape index (κ1) is 16.8. The van der Waals surface area contributed by atoms with Crippen molar-refractivity contribution in [2.45, 2.75) is 32.9 Å². The van der Waals surface area contributed by atoms with Crippen molar-refractivity contribution in [3.05, 3.63) is 22.2 Å². The molecule has 0 radical (unpaired) electrons. The molecule has 0 aromatic heterocycles. The molecule has 0 aliphatic rings. The van der Waals surface area contributed by atoms with Gasteiger partial charge in [0.05, 0.1) is 24.6 Å². The Hall–Kier alpha value is -1.27. The molecule has 0 fully saturated rings. The molecule has 112 valence electrons. The number of halogens is 1. The van der Waals surface area contributed by atoms with Crippen molar-refractivity contribution in [1.29, 1.82) is 0 Å². The van der Waals surface area contributed by atoms with Crippen LogP contribution >= 0.6 is 15.9 Å². The number of carbonyl (C=O) groups is 1. The van der Waals surface area contributed by atoms with Crippen molar-refractivity contribution in [1.82, 2.24) is 5.32 Å². The van der Waals surface area contributed by atoms with Crippen molar-refractivity contribution in [2.75, 3.05) is 13.7 Å². The minimum Gasteiger partial charge on any atom is -0.493 e. The SMILES string of the molecule is COc1cc(CNC(C)C)cc(Br)c1OCCC(N)=O. The van der Waals surface area contributed by atoms with Gasteiger partial charge < -0.3 is 20.5 Å². The molecular formula is C14H21BrN2O3. The molecule has 0 unspecified atom stereocenters. The van der Waals surface area contributed by atoms with E-state index in [9.17, 15) is 4.79 Å². The monoisotopic (exact) mass is 344 g/mol. The lowest BCUT2D eigenvalue weighted by Gasteiger charge is -2.15. The van der Waals surface area contributed by atoms with Gasteiger partial charge >= 0.3 is 0 Å². The third kappa shape index (κ3) is 5.38. The highest BCUT2D eigenvalue weighted by atomic mass is 79.9. The third-order valence-corrected chi connectivity index (χ3v) is 3.19. The quantitative estimate of drug-likeness (QED) is 0.758. The molecule has 1 aromatic rings. The lowest BCUT2D eigenvalue weighted by Crippen LogP contribution is -2.21. The van der Waals surface area contributed by atoms with E-state index >= 15 is 0 Å². The molecule has 1 aromatic carbocycles. The molecular weight excluding hydrogens is 324 g/mol. The number of benzene rings is 1. The van der Waals surface area contributed by atoms with Crippen LogP contribution in [0.3, 0.4) is 0 Å². The Morgan fingerprint density at radius 1 is 1.45 bits per heavy atom. The van der Waals surface area contributed by atoms with E-state index in [1.165, 1.54) is 0 Å². The van der Waals surface area contributed by atoms with Crippen molar-refractivity contribution < 1.29 is 14.3 Å². The molecule has 0 saturated heterocycles. The molecule has 1 amide bonds. The number of ether oxygens (including phenoxy) is 2. The maximum absolute atomic E-state index is 10.7. The zero-order valence-electron chi connectivity index (χ0n) is 12.0. The normalized spacial score (nSPS) is 10.7. The van der Waals surface area contributed by atoms with E-state index in [1.807, 2.05) is 12.1 Å². The van der Waals surface area contributed by atoms with Gasteiger partial charge in [-0.25, -0.2) is 0 Å². The van der Waals surface area contributed by atoms with E-state index < -0.39 is 5.91 Å². The summed E-state index contributed by atoms with van der Waals surface area (Å²) in [6.45, 7) is 5.16. The van der Waals surface area contributed by atoms with Gasteiger partial charge in [-0.2, -0.15) is 0 Å². The number of hydrogen-bond acceptors (Lipinski definition) is 4. The lowest BCUT2D eigenvalue weighted by atomic mass is 10.2. The number of rotatable bonds is 8. The second-order valence-corrected chi connectivity index (χ2v) is 5.56. The summed E-state index contributed by atoms with van der Waals surface area (Å²) in [7, 11) is 1.59. The summed E-state index contributed by atoms with van der Waals surface area (Å²) in [5.41, 5.74) is 6.17. The van der Waals surface area contributed by atoms with Gasteiger partial charge in [-0.05, 0) is 33.6 Å². The molecule has 20 heavy (non-hydrogen) atoms. The summed E-state index contributed by atoms with van der Waals surface area (Å²) < 4.78 is 11.7. The highest BCUT2D eigenvalue weighted by molar-refractivity contribution is 9.10. The minimum absolute atomic E-state index is 0.173. The average Bonchev–Trinajstić information content (AvgIpc) is 2.37. The van der Waals surface area contributed by atoms with Crippen LogP contribution in [0.5, 0.6) is 11.5 Å². The second-order valence-electron chi connectivity index (χ2n) is 4.71. The molecule has 1 rings (SSSR count). The van der Waals surface area contributed by atoms with Crippen LogP contribution in [0, 0.1) is 0 Å². The van der Waals surface area contributed by atoms with Crippen LogP contribution in [-0.4, -0.2) is 25.7 Å². The van der Waals surface area contributed by atoms with Crippen LogP contribution in [0.15, 0.2) is 16.6 Å². The highest BCUT2D eigenvalue weighted by Crippen LogP contribution is 2.36. The molecule has 0 atom stereocenters.